The SMILES string of the molecule is CC(C)(C)OC(=O)N1CCN(C(=O)O)CC1c1ccc(CO)cc1. The number of carbonyl (C=O) groups excluding carboxylic acids is 1. The number of hydrogen-bond donors (Lipinski definition) is 2. The smallest absolute Gasteiger partial charge is 0.410 e. The lowest BCUT2D eigenvalue weighted by atomic mass is 10.0. The highest BCUT2D eigenvalue weighted by molar-refractivity contribution is 5.70. The monoisotopic (exact) mass is 336 g/mol. The summed E-state index contributed by atoms with van der Waals surface area (Å²) >= 11 is 0. The van der Waals surface area contributed by atoms with E-state index in [9.17, 15) is 14.7 Å². The van der Waals surface area contributed by atoms with Crippen LogP contribution in [0.2, 0.25) is 0 Å². The van der Waals surface area contributed by atoms with Crippen LogP contribution in [0.4, 0.5) is 9.59 Å². The summed E-state index contributed by atoms with van der Waals surface area (Å²) < 4.78 is 5.45. The Kier molecular flexibility index (Phi) is 5.33. The standard InChI is InChI=1S/C17H24N2O5/c1-17(2,3)24-16(23)19-9-8-18(15(21)22)10-14(19)13-6-4-12(11-20)5-7-13/h4-7,14,20H,8-11H2,1-3H3,(H,21,22). The molecule has 1 fully saturated rings. The molecule has 2 amide bonds. The average Bonchev–Trinajstić information content (AvgIpc) is 2.52. The lowest BCUT2D eigenvalue weighted by Crippen LogP contribution is -2.53. The zero-order valence-corrected chi connectivity index (χ0v) is 14.2. The molecule has 1 unspecified atom stereocenters. The van der Waals surface area contributed by atoms with Crippen molar-refractivity contribution < 1.29 is 24.5 Å². The van der Waals surface area contributed by atoms with Gasteiger partial charge in [-0.2, -0.15) is 0 Å². The molecule has 0 bridgehead atoms. The van der Waals surface area contributed by atoms with Gasteiger partial charge in [0, 0.05) is 19.6 Å². The molecule has 2 N–H and O–H groups in total. The molecule has 0 aromatic heterocycles. The lowest BCUT2D eigenvalue weighted by molar-refractivity contribution is -0.000598. The highest BCUT2D eigenvalue weighted by Gasteiger charge is 2.35. The summed E-state index contributed by atoms with van der Waals surface area (Å²) in [5, 5.41) is 18.4. The molecule has 7 heteroatoms. The molecule has 7 nitrogen and oxygen atoms in total. The van der Waals surface area contributed by atoms with E-state index >= 15 is 0 Å². The maximum absolute atomic E-state index is 12.5. The Labute approximate surface area is 141 Å². The van der Waals surface area contributed by atoms with Crippen LogP contribution in [-0.2, 0) is 11.3 Å². The van der Waals surface area contributed by atoms with Crippen LogP contribution in [0.15, 0.2) is 24.3 Å². The number of amides is 2. The van der Waals surface area contributed by atoms with E-state index in [4.69, 9.17) is 9.84 Å². The number of benzene rings is 1. The molecule has 1 aromatic carbocycles. The maximum atomic E-state index is 12.5. The van der Waals surface area contributed by atoms with Crippen molar-refractivity contribution in [3.8, 4) is 0 Å². The molecule has 24 heavy (non-hydrogen) atoms. The van der Waals surface area contributed by atoms with Gasteiger partial charge in [-0.25, -0.2) is 9.59 Å². The number of carbonyl (C=O) groups is 2. The molecular weight excluding hydrogens is 312 g/mol. The van der Waals surface area contributed by atoms with Gasteiger partial charge < -0.3 is 19.8 Å². The Balaban J connectivity index is 2.26. The second-order valence-electron chi connectivity index (χ2n) is 6.82. The Morgan fingerprint density at radius 2 is 1.83 bits per heavy atom. The average molecular weight is 336 g/mol. The molecule has 132 valence electrons. The summed E-state index contributed by atoms with van der Waals surface area (Å²) in [5.74, 6) is 0. The van der Waals surface area contributed by atoms with Crippen molar-refractivity contribution in [3.05, 3.63) is 35.4 Å². The lowest BCUT2D eigenvalue weighted by Gasteiger charge is -2.41. The van der Waals surface area contributed by atoms with Gasteiger partial charge in [0.25, 0.3) is 0 Å². The molecular formula is C17H24N2O5. The fourth-order valence-electron chi connectivity index (χ4n) is 2.63. The van der Waals surface area contributed by atoms with Crippen molar-refractivity contribution in [2.24, 2.45) is 0 Å². The third-order valence-electron chi connectivity index (χ3n) is 3.83. The van der Waals surface area contributed by atoms with E-state index < -0.39 is 23.8 Å². The zero-order valence-electron chi connectivity index (χ0n) is 14.2. The fraction of sp³-hybridized carbons (Fsp3) is 0.529. The van der Waals surface area contributed by atoms with Crippen LogP contribution in [0.1, 0.15) is 37.9 Å². The highest BCUT2D eigenvalue weighted by atomic mass is 16.6. The first-order valence-electron chi connectivity index (χ1n) is 7.88. The Morgan fingerprint density at radius 3 is 2.33 bits per heavy atom. The zero-order chi connectivity index (χ0) is 17.9. The number of piperazine rings is 1. The fourth-order valence-corrected chi connectivity index (χ4v) is 2.63. The van der Waals surface area contributed by atoms with Crippen LogP contribution in [0.5, 0.6) is 0 Å². The van der Waals surface area contributed by atoms with E-state index in [2.05, 4.69) is 0 Å². The van der Waals surface area contributed by atoms with E-state index in [1.807, 2.05) is 0 Å². The summed E-state index contributed by atoms with van der Waals surface area (Å²) in [6.07, 6.45) is -1.46. The van der Waals surface area contributed by atoms with Gasteiger partial charge in [0.15, 0.2) is 0 Å². The molecule has 1 aromatic rings. The molecule has 1 aliphatic rings. The molecule has 0 aliphatic carbocycles. The van der Waals surface area contributed by atoms with Crippen molar-refractivity contribution in [2.75, 3.05) is 19.6 Å². The number of aliphatic hydroxyl groups excluding tert-OH is 1. The Hall–Kier alpha value is -2.28. The minimum absolute atomic E-state index is 0.0675. The van der Waals surface area contributed by atoms with Gasteiger partial charge in [-0.3, -0.25) is 4.90 Å². The van der Waals surface area contributed by atoms with E-state index in [-0.39, 0.29) is 26.2 Å². The van der Waals surface area contributed by atoms with Crippen LogP contribution < -0.4 is 0 Å². The van der Waals surface area contributed by atoms with E-state index in [1.54, 1.807) is 49.9 Å². The van der Waals surface area contributed by atoms with Crippen molar-refractivity contribution in [2.45, 2.75) is 39.0 Å². The van der Waals surface area contributed by atoms with E-state index in [0.29, 0.717) is 0 Å². The number of nitrogens with zero attached hydrogens (tertiary/aromatic N) is 2. The number of ether oxygens (including phenoxy) is 1. The summed E-state index contributed by atoms with van der Waals surface area (Å²) in [4.78, 5) is 26.7. The molecule has 0 radical (unpaired) electrons. The Morgan fingerprint density at radius 1 is 1.21 bits per heavy atom. The quantitative estimate of drug-likeness (QED) is 0.866. The van der Waals surface area contributed by atoms with Crippen LogP contribution in [0.25, 0.3) is 0 Å². The Bertz CT molecular complexity index is 594. The minimum atomic E-state index is -1.00. The van der Waals surface area contributed by atoms with Gasteiger partial charge in [-0.15, -0.1) is 0 Å². The first kappa shape index (κ1) is 18.1. The van der Waals surface area contributed by atoms with Gasteiger partial charge in [0.2, 0.25) is 0 Å². The van der Waals surface area contributed by atoms with Crippen LogP contribution in [0, 0.1) is 0 Å². The van der Waals surface area contributed by atoms with Gasteiger partial charge in [0.05, 0.1) is 12.6 Å². The second-order valence-corrected chi connectivity index (χ2v) is 6.82. The van der Waals surface area contributed by atoms with Crippen molar-refractivity contribution in [1.82, 2.24) is 9.80 Å². The van der Waals surface area contributed by atoms with E-state index in [0.717, 1.165) is 11.1 Å². The van der Waals surface area contributed by atoms with Gasteiger partial charge in [-0.1, -0.05) is 24.3 Å². The molecule has 1 saturated heterocycles. The third-order valence-corrected chi connectivity index (χ3v) is 3.83. The summed E-state index contributed by atoms with van der Waals surface area (Å²) in [5.41, 5.74) is 0.948. The number of aliphatic hydroxyl groups is 1. The van der Waals surface area contributed by atoms with Gasteiger partial charge >= 0.3 is 12.2 Å². The van der Waals surface area contributed by atoms with Crippen molar-refractivity contribution in [1.29, 1.82) is 0 Å². The third kappa shape index (κ3) is 4.38. The predicted octanol–water partition coefficient (Wildman–Crippen LogP) is 2.45. The maximum Gasteiger partial charge on any atom is 0.410 e. The van der Waals surface area contributed by atoms with Crippen molar-refractivity contribution in [3.63, 3.8) is 0 Å². The minimum Gasteiger partial charge on any atom is -0.465 e. The first-order valence-corrected chi connectivity index (χ1v) is 7.88. The van der Waals surface area contributed by atoms with Crippen LogP contribution in [0.3, 0.4) is 0 Å². The predicted molar refractivity (Wildman–Crippen MR) is 87.6 cm³/mol. The topological polar surface area (TPSA) is 90.3 Å². The highest BCUT2D eigenvalue weighted by Crippen LogP contribution is 2.27. The van der Waals surface area contributed by atoms with Crippen molar-refractivity contribution >= 4 is 12.2 Å². The van der Waals surface area contributed by atoms with Gasteiger partial charge in [0.1, 0.15) is 5.60 Å². The molecule has 1 aliphatic heterocycles. The van der Waals surface area contributed by atoms with Gasteiger partial charge in [-0.05, 0) is 31.9 Å². The first-order chi connectivity index (χ1) is 11.2. The molecule has 1 atom stereocenters. The van der Waals surface area contributed by atoms with Crippen LogP contribution >= 0.6 is 0 Å². The molecule has 2 rings (SSSR count). The largest absolute Gasteiger partial charge is 0.465 e. The molecule has 0 saturated carbocycles. The molecule has 1 heterocycles. The van der Waals surface area contributed by atoms with Crippen LogP contribution in [-0.4, -0.2) is 57.4 Å². The molecule has 0 spiro atoms. The second kappa shape index (κ2) is 7.09. The number of carboxylic acid groups (broad SMARTS) is 1. The number of hydrogen-bond acceptors (Lipinski definition) is 4. The van der Waals surface area contributed by atoms with E-state index in [1.165, 1.54) is 4.90 Å². The summed E-state index contributed by atoms with van der Waals surface area (Å²) in [7, 11) is 0. The summed E-state index contributed by atoms with van der Waals surface area (Å²) in [6, 6.07) is 6.72. The number of rotatable bonds is 2. The normalized spacial score (nSPS) is 18.4. The summed E-state index contributed by atoms with van der Waals surface area (Å²) in [6.45, 7) is 6.03.